The van der Waals surface area contributed by atoms with Gasteiger partial charge in [-0.3, -0.25) is 10.00 Å². The van der Waals surface area contributed by atoms with E-state index in [-0.39, 0.29) is 6.03 Å². The topological polar surface area (TPSA) is 50.2 Å². The van der Waals surface area contributed by atoms with Crippen LogP contribution in [0, 0.1) is 0 Å². The number of likely N-dealkylation sites (tertiary alicyclic amines) is 1. The summed E-state index contributed by atoms with van der Waals surface area (Å²) in [7, 11) is 1.94. The Labute approximate surface area is 143 Å². The number of aryl methyl sites for hydroxylation is 2. The first-order valence-corrected chi connectivity index (χ1v) is 9.96. The van der Waals surface area contributed by atoms with E-state index in [1.54, 1.807) is 0 Å². The molecule has 1 N–H and O–H groups in total. The molecule has 1 aliphatic heterocycles. The van der Waals surface area contributed by atoms with Gasteiger partial charge in [0.2, 0.25) is 0 Å². The Kier molecular flexibility index (Phi) is 5.51. The van der Waals surface area contributed by atoms with Gasteiger partial charge in [-0.1, -0.05) is 13.3 Å². The smallest absolute Gasteiger partial charge is 0.323 e. The molecular weight excluding hydrogens is 308 g/mol. The first-order chi connectivity index (χ1) is 11.2. The van der Waals surface area contributed by atoms with E-state index < -0.39 is 0 Å². The van der Waals surface area contributed by atoms with E-state index in [9.17, 15) is 4.79 Å². The Morgan fingerprint density at radius 1 is 1.30 bits per heavy atom. The van der Waals surface area contributed by atoms with E-state index >= 15 is 0 Å². The van der Waals surface area contributed by atoms with Crippen molar-refractivity contribution in [2.45, 2.75) is 57.1 Å². The molecule has 1 saturated heterocycles. The number of anilines is 1. The molecule has 2 amide bonds. The molecule has 0 saturated carbocycles. The third kappa shape index (κ3) is 3.84. The third-order valence-electron chi connectivity index (χ3n) is 4.86. The quantitative estimate of drug-likeness (QED) is 0.920. The summed E-state index contributed by atoms with van der Waals surface area (Å²) in [5, 5.41) is 8.33. The largest absolute Gasteiger partial charge is 0.323 e. The van der Waals surface area contributed by atoms with E-state index in [0.29, 0.717) is 5.25 Å². The van der Waals surface area contributed by atoms with Crippen molar-refractivity contribution in [3.8, 4) is 0 Å². The fourth-order valence-electron chi connectivity index (χ4n) is 3.68. The van der Waals surface area contributed by atoms with E-state index in [2.05, 4.69) is 17.3 Å². The van der Waals surface area contributed by atoms with Crippen LogP contribution in [0.1, 0.15) is 50.3 Å². The molecule has 1 aromatic rings. The highest BCUT2D eigenvalue weighted by molar-refractivity contribution is 7.99. The molecule has 6 heteroatoms. The summed E-state index contributed by atoms with van der Waals surface area (Å²) in [4.78, 5) is 14.8. The Morgan fingerprint density at radius 2 is 2.13 bits per heavy atom. The number of hydrogen-bond donors (Lipinski definition) is 1. The van der Waals surface area contributed by atoms with Crippen molar-refractivity contribution in [1.82, 2.24) is 14.7 Å². The lowest BCUT2D eigenvalue weighted by Crippen LogP contribution is -2.39. The summed E-state index contributed by atoms with van der Waals surface area (Å²) < 4.78 is 1.85. The van der Waals surface area contributed by atoms with Gasteiger partial charge < -0.3 is 4.90 Å². The summed E-state index contributed by atoms with van der Waals surface area (Å²) in [6, 6.07) is 0.0463. The van der Waals surface area contributed by atoms with Crippen LogP contribution in [0.5, 0.6) is 0 Å². The second-order valence-corrected chi connectivity index (χ2v) is 8.13. The van der Waals surface area contributed by atoms with Gasteiger partial charge in [0, 0.05) is 31.0 Å². The molecule has 5 nitrogen and oxygen atoms in total. The standard InChI is InChI=1S/C17H28N4OS/c1-3-23-13-8-6-7-11-21(12-13)17(22)18-16-14-9-4-5-10-15(14)19-20(16)2/h13H,3-12H2,1-2H3,(H,18,22). The van der Waals surface area contributed by atoms with Gasteiger partial charge in [-0.15, -0.1) is 0 Å². The van der Waals surface area contributed by atoms with E-state index in [0.717, 1.165) is 43.9 Å². The average Bonchev–Trinajstić information content (AvgIpc) is 2.72. The zero-order valence-electron chi connectivity index (χ0n) is 14.3. The molecule has 1 aromatic heterocycles. The lowest BCUT2D eigenvalue weighted by atomic mass is 9.97. The van der Waals surface area contributed by atoms with Crippen LogP contribution >= 0.6 is 11.8 Å². The van der Waals surface area contributed by atoms with Gasteiger partial charge in [0.25, 0.3) is 0 Å². The van der Waals surface area contributed by atoms with Crippen molar-refractivity contribution in [2.24, 2.45) is 7.05 Å². The normalized spacial score (nSPS) is 21.7. The van der Waals surface area contributed by atoms with Gasteiger partial charge in [-0.05, 0) is 44.3 Å². The average molecular weight is 337 g/mol. The molecule has 0 aromatic carbocycles. The summed E-state index contributed by atoms with van der Waals surface area (Å²) in [5.41, 5.74) is 2.42. The molecule has 0 bridgehead atoms. The van der Waals surface area contributed by atoms with Gasteiger partial charge in [0.15, 0.2) is 0 Å². The van der Waals surface area contributed by atoms with Crippen LogP contribution in [0.4, 0.5) is 10.6 Å². The molecule has 23 heavy (non-hydrogen) atoms. The minimum absolute atomic E-state index is 0.0463. The van der Waals surface area contributed by atoms with Gasteiger partial charge in [-0.25, -0.2) is 4.79 Å². The van der Waals surface area contributed by atoms with Crippen molar-refractivity contribution in [3.63, 3.8) is 0 Å². The fraction of sp³-hybridized carbons (Fsp3) is 0.765. The van der Waals surface area contributed by atoms with Gasteiger partial charge in [-0.2, -0.15) is 16.9 Å². The third-order valence-corrected chi connectivity index (χ3v) is 6.05. The lowest BCUT2D eigenvalue weighted by molar-refractivity contribution is 0.214. The number of aromatic nitrogens is 2. The molecular formula is C17H28N4OS. The molecule has 128 valence electrons. The summed E-state index contributed by atoms with van der Waals surface area (Å²) in [6.07, 6.45) is 8.04. The van der Waals surface area contributed by atoms with Crippen LogP contribution in [-0.2, 0) is 19.9 Å². The molecule has 3 rings (SSSR count). The van der Waals surface area contributed by atoms with Crippen molar-refractivity contribution in [2.75, 3.05) is 24.2 Å². The van der Waals surface area contributed by atoms with Crippen molar-refractivity contribution in [3.05, 3.63) is 11.3 Å². The maximum Gasteiger partial charge on any atom is 0.323 e. The first-order valence-electron chi connectivity index (χ1n) is 8.91. The number of amides is 2. The number of urea groups is 1. The first kappa shape index (κ1) is 16.7. The molecule has 1 aliphatic carbocycles. The monoisotopic (exact) mass is 336 g/mol. The number of fused-ring (bicyclic) bond motifs is 1. The molecule has 2 heterocycles. The molecule has 2 aliphatic rings. The van der Waals surface area contributed by atoms with E-state index in [1.807, 2.05) is 28.4 Å². The Hall–Kier alpha value is -1.17. The fourth-order valence-corrected chi connectivity index (χ4v) is 4.77. The lowest BCUT2D eigenvalue weighted by Gasteiger charge is -2.25. The molecule has 1 atom stereocenters. The molecule has 0 radical (unpaired) electrons. The predicted molar refractivity (Wildman–Crippen MR) is 96.2 cm³/mol. The highest BCUT2D eigenvalue weighted by atomic mass is 32.2. The second-order valence-electron chi connectivity index (χ2n) is 6.55. The number of carbonyl (C=O) groups excluding carboxylic acids is 1. The summed E-state index contributed by atoms with van der Waals surface area (Å²) in [6.45, 7) is 3.93. The molecule has 1 fully saturated rings. The Balaban J connectivity index is 1.70. The van der Waals surface area contributed by atoms with Crippen molar-refractivity contribution in [1.29, 1.82) is 0 Å². The maximum absolute atomic E-state index is 12.8. The maximum atomic E-state index is 12.8. The van der Waals surface area contributed by atoms with Crippen LogP contribution in [0.15, 0.2) is 0 Å². The number of nitrogens with zero attached hydrogens (tertiary/aromatic N) is 3. The Morgan fingerprint density at radius 3 is 2.96 bits per heavy atom. The zero-order valence-corrected chi connectivity index (χ0v) is 15.1. The zero-order chi connectivity index (χ0) is 16.2. The van der Waals surface area contributed by atoms with Crippen LogP contribution in [0.3, 0.4) is 0 Å². The SMILES string of the molecule is CCSC1CCCCN(C(=O)Nc2c3c(nn2C)CCCC3)C1. The molecule has 1 unspecified atom stereocenters. The highest BCUT2D eigenvalue weighted by Crippen LogP contribution is 2.28. The Bertz CT molecular complexity index is 557. The van der Waals surface area contributed by atoms with Gasteiger partial charge in [0.05, 0.1) is 5.69 Å². The van der Waals surface area contributed by atoms with Gasteiger partial charge in [0.1, 0.15) is 5.82 Å². The van der Waals surface area contributed by atoms with Crippen LogP contribution in [0.2, 0.25) is 0 Å². The van der Waals surface area contributed by atoms with Crippen molar-refractivity contribution >= 4 is 23.6 Å². The number of hydrogen-bond acceptors (Lipinski definition) is 3. The van der Waals surface area contributed by atoms with Crippen LogP contribution < -0.4 is 5.32 Å². The van der Waals surface area contributed by atoms with Crippen LogP contribution in [-0.4, -0.2) is 44.8 Å². The summed E-state index contributed by atoms with van der Waals surface area (Å²) in [5.74, 6) is 2.03. The minimum atomic E-state index is 0.0463. The molecule has 0 spiro atoms. The number of carbonyl (C=O) groups is 1. The number of rotatable bonds is 3. The highest BCUT2D eigenvalue weighted by Gasteiger charge is 2.25. The van der Waals surface area contributed by atoms with Crippen LogP contribution in [0.25, 0.3) is 0 Å². The number of thioether (sulfide) groups is 1. The number of nitrogens with one attached hydrogen (secondary N) is 1. The van der Waals surface area contributed by atoms with E-state index in [4.69, 9.17) is 0 Å². The minimum Gasteiger partial charge on any atom is -0.323 e. The summed E-state index contributed by atoms with van der Waals surface area (Å²) >= 11 is 1.98. The van der Waals surface area contributed by atoms with E-state index in [1.165, 1.54) is 36.9 Å². The second kappa shape index (κ2) is 7.60. The van der Waals surface area contributed by atoms with Crippen molar-refractivity contribution < 1.29 is 4.79 Å². The predicted octanol–water partition coefficient (Wildman–Crippen LogP) is 3.44. The van der Waals surface area contributed by atoms with Gasteiger partial charge >= 0.3 is 6.03 Å².